The molecule has 1 aliphatic carbocycles. The minimum absolute atomic E-state index is 0.108. The first-order valence-corrected chi connectivity index (χ1v) is 12.0. The van der Waals surface area contributed by atoms with Gasteiger partial charge in [0.2, 0.25) is 5.91 Å². The Balaban J connectivity index is 1.17. The highest BCUT2D eigenvalue weighted by molar-refractivity contribution is 5.83. The molecule has 0 radical (unpaired) electrons. The number of fused-ring (bicyclic) bond motifs is 2. The number of ether oxygens (including phenoxy) is 1. The quantitative estimate of drug-likeness (QED) is 0.596. The van der Waals surface area contributed by atoms with Crippen molar-refractivity contribution in [3.63, 3.8) is 0 Å². The number of nitriles is 1. The summed E-state index contributed by atoms with van der Waals surface area (Å²) >= 11 is 0. The number of rotatable bonds is 8. The number of hydrogen-bond donors (Lipinski definition) is 2. The number of morpholine rings is 1. The van der Waals surface area contributed by atoms with Crippen molar-refractivity contribution in [3.05, 3.63) is 41.5 Å². The van der Waals surface area contributed by atoms with Crippen LogP contribution in [0.5, 0.6) is 0 Å². The predicted octanol–water partition coefficient (Wildman–Crippen LogP) is 0.972. The van der Waals surface area contributed by atoms with Crippen molar-refractivity contribution in [2.75, 3.05) is 32.8 Å². The fourth-order valence-electron chi connectivity index (χ4n) is 5.24. The number of hydrogen-bond acceptors (Lipinski definition) is 7. The second-order valence-corrected chi connectivity index (χ2v) is 9.44. The number of piperidine rings is 1. The number of nitrogens with one attached hydrogen (secondary N) is 2. The second-order valence-electron chi connectivity index (χ2n) is 9.44. The summed E-state index contributed by atoms with van der Waals surface area (Å²) in [6.45, 7) is 4.24. The summed E-state index contributed by atoms with van der Waals surface area (Å²) < 4.78 is 21.8. The van der Waals surface area contributed by atoms with Gasteiger partial charge in [0.1, 0.15) is 11.9 Å². The zero-order chi connectivity index (χ0) is 23.5. The Labute approximate surface area is 198 Å². The third-order valence-electron chi connectivity index (χ3n) is 7.17. The molecular formula is C24H30FN7O2. The number of amides is 1. The molecule has 3 aliphatic rings. The SMILES string of the molecule is N#C[C@H](Cc1ccc(-n2cc(CCN3CCOCC3)nn2)cc1F)NC(=O)[C@H]1N[C@@H]2CC[C@H]1C2. The van der Waals surface area contributed by atoms with Gasteiger partial charge in [0, 0.05) is 38.5 Å². The topological polar surface area (TPSA) is 108 Å². The molecule has 0 unspecified atom stereocenters. The van der Waals surface area contributed by atoms with Crippen LogP contribution in [0.25, 0.3) is 5.69 Å². The van der Waals surface area contributed by atoms with E-state index in [9.17, 15) is 14.4 Å². The zero-order valence-electron chi connectivity index (χ0n) is 19.1. The van der Waals surface area contributed by atoms with Crippen LogP contribution in [0.1, 0.15) is 30.5 Å². The van der Waals surface area contributed by atoms with Crippen molar-refractivity contribution in [3.8, 4) is 11.8 Å². The molecule has 5 rings (SSSR count). The van der Waals surface area contributed by atoms with E-state index in [1.54, 1.807) is 16.8 Å². The van der Waals surface area contributed by atoms with Crippen LogP contribution in [0.3, 0.4) is 0 Å². The molecule has 2 aromatic rings. The molecule has 3 heterocycles. The van der Waals surface area contributed by atoms with Gasteiger partial charge in [0.15, 0.2) is 0 Å². The lowest BCUT2D eigenvalue weighted by Crippen LogP contribution is -2.50. The van der Waals surface area contributed by atoms with Crippen LogP contribution in [0.15, 0.2) is 24.4 Å². The fourth-order valence-corrected chi connectivity index (χ4v) is 5.24. The van der Waals surface area contributed by atoms with Crippen molar-refractivity contribution < 1.29 is 13.9 Å². The molecule has 1 aromatic heterocycles. The van der Waals surface area contributed by atoms with Crippen LogP contribution >= 0.6 is 0 Å². The molecule has 2 aliphatic heterocycles. The van der Waals surface area contributed by atoms with Gasteiger partial charge in [-0.25, -0.2) is 9.07 Å². The molecule has 10 heteroatoms. The third kappa shape index (κ3) is 5.12. The third-order valence-corrected chi connectivity index (χ3v) is 7.17. The van der Waals surface area contributed by atoms with E-state index in [0.717, 1.165) is 64.2 Å². The molecule has 2 saturated heterocycles. The van der Waals surface area contributed by atoms with Gasteiger partial charge in [-0.1, -0.05) is 11.3 Å². The maximum atomic E-state index is 14.9. The van der Waals surface area contributed by atoms with Gasteiger partial charge in [-0.2, -0.15) is 5.26 Å². The fraction of sp³-hybridized carbons (Fsp3) is 0.583. The van der Waals surface area contributed by atoms with Gasteiger partial charge in [-0.3, -0.25) is 9.69 Å². The Hall–Kier alpha value is -2.87. The van der Waals surface area contributed by atoms with Crippen molar-refractivity contribution >= 4 is 5.91 Å². The lowest BCUT2D eigenvalue weighted by molar-refractivity contribution is -0.124. The largest absolute Gasteiger partial charge is 0.379 e. The van der Waals surface area contributed by atoms with Crippen LogP contribution in [-0.2, 0) is 22.4 Å². The van der Waals surface area contributed by atoms with Crippen molar-refractivity contribution in [1.82, 2.24) is 30.5 Å². The Morgan fingerprint density at radius 1 is 1.35 bits per heavy atom. The Bertz CT molecular complexity index is 1060. The second kappa shape index (κ2) is 10.2. The first kappa shape index (κ1) is 22.9. The minimum atomic E-state index is -0.785. The predicted molar refractivity (Wildman–Crippen MR) is 122 cm³/mol. The van der Waals surface area contributed by atoms with Crippen LogP contribution in [0.4, 0.5) is 4.39 Å². The van der Waals surface area contributed by atoms with Gasteiger partial charge < -0.3 is 15.4 Å². The number of halogens is 1. The highest BCUT2D eigenvalue weighted by Crippen LogP contribution is 2.35. The van der Waals surface area contributed by atoms with E-state index in [1.165, 1.54) is 6.07 Å². The van der Waals surface area contributed by atoms with E-state index in [2.05, 4.69) is 31.9 Å². The summed E-state index contributed by atoms with van der Waals surface area (Å²) in [5, 5.41) is 24.0. The molecule has 1 aromatic carbocycles. The van der Waals surface area contributed by atoms with E-state index < -0.39 is 11.9 Å². The van der Waals surface area contributed by atoms with Crippen LogP contribution < -0.4 is 10.6 Å². The van der Waals surface area contributed by atoms with E-state index in [0.29, 0.717) is 23.2 Å². The number of aromatic nitrogens is 3. The lowest BCUT2D eigenvalue weighted by atomic mass is 9.98. The normalized spacial score (nSPS) is 25.2. The molecular weight excluding hydrogens is 437 g/mol. The number of benzene rings is 1. The average molecular weight is 468 g/mol. The maximum absolute atomic E-state index is 14.9. The number of carbonyl (C=O) groups is 1. The van der Waals surface area contributed by atoms with Gasteiger partial charge in [0.05, 0.1) is 42.9 Å². The summed E-state index contributed by atoms with van der Waals surface area (Å²) in [5.74, 6) is -0.264. The summed E-state index contributed by atoms with van der Waals surface area (Å²) in [5.41, 5.74) is 1.79. The van der Waals surface area contributed by atoms with Crippen molar-refractivity contribution in [2.24, 2.45) is 5.92 Å². The molecule has 3 fully saturated rings. The van der Waals surface area contributed by atoms with Gasteiger partial charge in [-0.15, -0.1) is 5.10 Å². The molecule has 1 amide bonds. The average Bonchev–Trinajstić information content (AvgIpc) is 3.61. The Morgan fingerprint density at radius 3 is 2.91 bits per heavy atom. The smallest absolute Gasteiger partial charge is 0.238 e. The summed E-state index contributed by atoms with van der Waals surface area (Å²) in [7, 11) is 0. The van der Waals surface area contributed by atoms with Crippen LogP contribution in [-0.4, -0.2) is 76.8 Å². The molecule has 1 saturated carbocycles. The zero-order valence-corrected chi connectivity index (χ0v) is 19.1. The molecule has 34 heavy (non-hydrogen) atoms. The molecule has 0 spiro atoms. The lowest BCUT2D eigenvalue weighted by Gasteiger charge is -2.25. The Kier molecular flexibility index (Phi) is 6.85. The molecule has 180 valence electrons. The first-order chi connectivity index (χ1) is 16.6. The standard InChI is InChI=1S/C24H30FN7O2/c25-22-13-21(32-15-19(29-30-32)5-6-31-7-9-34-10-8-31)4-2-16(22)11-20(14-26)28-24(33)23-17-1-3-18(12-17)27-23/h2,4,13,15,17-18,20,23,27H,1,3,5-12H2,(H,28,33)/t17-,18+,20-,23-/m0/s1. The summed E-state index contributed by atoms with van der Waals surface area (Å²) in [6.07, 6.45) is 5.85. The summed E-state index contributed by atoms with van der Waals surface area (Å²) in [6, 6.07) is 6.27. The van der Waals surface area contributed by atoms with E-state index in [-0.39, 0.29) is 18.4 Å². The van der Waals surface area contributed by atoms with Crippen LogP contribution in [0.2, 0.25) is 0 Å². The van der Waals surface area contributed by atoms with Gasteiger partial charge >= 0.3 is 0 Å². The minimum Gasteiger partial charge on any atom is -0.379 e. The molecule has 2 N–H and O–H groups in total. The van der Waals surface area contributed by atoms with Gasteiger partial charge in [0.25, 0.3) is 0 Å². The molecule has 2 bridgehead atoms. The van der Waals surface area contributed by atoms with E-state index in [1.807, 2.05) is 6.20 Å². The maximum Gasteiger partial charge on any atom is 0.238 e. The van der Waals surface area contributed by atoms with Crippen molar-refractivity contribution in [1.29, 1.82) is 5.26 Å². The first-order valence-electron chi connectivity index (χ1n) is 12.0. The molecule has 4 atom stereocenters. The van der Waals surface area contributed by atoms with Crippen LogP contribution in [0, 0.1) is 23.1 Å². The highest BCUT2D eigenvalue weighted by atomic mass is 19.1. The monoisotopic (exact) mass is 467 g/mol. The van der Waals surface area contributed by atoms with Crippen molar-refractivity contribution in [2.45, 2.75) is 50.2 Å². The summed E-state index contributed by atoms with van der Waals surface area (Å²) in [4.78, 5) is 15.0. The van der Waals surface area contributed by atoms with E-state index >= 15 is 0 Å². The van der Waals surface area contributed by atoms with E-state index in [4.69, 9.17) is 4.74 Å². The highest BCUT2D eigenvalue weighted by Gasteiger charge is 2.43. The van der Waals surface area contributed by atoms with Gasteiger partial charge in [-0.05, 0) is 42.9 Å². The molecule has 9 nitrogen and oxygen atoms in total. The number of carbonyl (C=O) groups excluding carboxylic acids is 1. The Morgan fingerprint density at radius 2 is 2.21 bits per heavy atom. The number of nitrogens with zero attached hydrogens (tertiary/aromatic N) is 5.